The largest absolute Gasteiger partial charge is 0.492 e. The molecule has 0 radical (unpaired) electrons. The molecular weight excluding hydrogens is 398 g/mol. The number of thioether (sulfide) groups is 1. The lowest BCUT2D eigenvalue weighted by Gasteiger charge is -2.25. The van der Waals surface area contributed by atoms with E-state index in [1.807, 2.05) is 19.1 Å². The molecule has 0 atom stereocenters. The highest BCUT2D eigenvalue weighted by atomic mass is 35.5. The highest BCUT2D eigenvalue weighted by Gasteiger charge is 2.34. The molecule has 0 N–H and O–H groups in total. The van der Waals surface area contributed by atoms with Gasteiger partial charge in [0, 0.05) is 22.3 Å². The van der Waals surface area contributed by atoms with Crippen LogP contribution in [-0.2, 0) is 10.5 Å². The molecule has 1 saturated carbocycles. The first-order valence-corrected chi connectivity index (χ1v) is 10.9. The van der Waals surface area contributed by atoms with E-state index in [4.69, 9.17) is 21.1 Å². The fourth-order valence-corrected chi connectivity index (χ4v) is 4.72. The van der Waals surface area contributed by atoms with Crippen LogP contribution in [0, 0.1) is 0 Å². The maximum Gasteiger partial charge on any atom is 0.344 e. The molecule has 148 valence electrons. The second kappa shape index (κ2) is 7.48. The summed E-state index contributed by atoms with van der Waals surface area (Å²) in [4.78, 5) is 26.7. The van der Waals surface area contributed by atoms with E-state index in [9.17, 15) is 9.59 Å². The summed E-state index contributed by atoms with van der Waals surface area (Å²) in [7, 11) is 0. The summed E-state index contributed by atoms with van der Waals surface area (Å²) in [5.74, 6) is 0.763. The van der Waals surface area contributed by atoms with Gasteiger partial charge in [0.15, 0.2) is 0 Å². The zero-order valence-electron chi connectivity index (χ0n) is 16.1. The first-order valence-electron chi connectivity index (χ1n) is 9.49. The SMILES string of the molecule is CCOc1cc2c(cc1Cl)-c1c(cc(C(=O)OC(C)C)c(=O)n1C1CC1)CS2. The minimum atomic E-state index is -0.558. The second-order valence-electron chi connectivity index (χ2n) is 7.29. The zero-order chi connectivity index (χ0) is 20.0. The van der Waals surface area contributed by atoms with Gasteiger partial charge in [-0.2, -0.15) is 0 Å². The lowest BCUT2D eigenvalue weighted by Crippen LogP contribution is -2.30. The standard InChI is InChI=1S/C21H22ClNO4S/c1-4-26-17-9-18-14(8-16(17)22)19-12(10-28-18)7-15(21(25)27-11(2)3)20(24)23(19)13-5-6-13/h7-9,11,13H,4-6,10H2,1-3H3. The van der Waals surface area contributed by atoms with Crippen LogP contribution in [0.4, 0.5) is 0 Å². The topological polar surface area (TPSA) is 57.5 Å². The number of ether oxygens (including phenoxy) is 2. The highest BCUT2D eigenvalue weighted by molar-refractivity contribution is 7.98. The van der Waals surface area contributed by atoms with Gasteiger partial charge in [-0.1, -0.05) is 11.6 Å². The van der Waals surface area contributed by atoms with E-state index in [0.29, 0.717) is 23.1 Å². The van der Waals surface area contributed by atoms with Gasteiger partial charge >= 0.3 is 5.97 Å². The number of nitrogens with zero attached hydrogens (tertiary/aromatic N) is 1. The molecule has 1 aliphatic heterocycles. The van der Waals surface area contributed by atoms with E-state index >= 15 is 0 Å². The van der Waals surface area contributed by atoms with Crippen LogP contribution in [-0.4, -0.2) is 23.2 Å². The van der Waals surface area contributed by atoms with Crippen molar-refractivity contribution in [1.29, 1.82) is 0 Å². The number of carbonyl (C=O) groups excluding carboxylic acids is 1. The minimum Gasteiger partial charge on any atom is -0.492 e. The number of esters is 1. The van der Waals surface area contributed by atoms with Gasteiger partial charge in [-0.25, -0.2) is 4.79 Å². The molecule has 2 aromatic rings. The lowest BCUT2D eigenvalue weighted by molar-refractivity contribution is 0.0375. The highest BCUT2D eigenvalue weighted by Crippen LogP contribution is 2.48. The fraction of sp³-hybridized carbons (Fsp3) is 0.429. The summed E-state index contributed by atoms with van der Waals surface area (Å²) in [6, 6.07) is 5.63. The number of carbonyl (C=O) groups is 1. The average molecular weight is 420 g/mol. The first kappa shape index (κ1) is 19.4. The number of hydrogen-bond acceptors (Lipinski definition) is 5. The minimum absolute atomic E-state index is 0.112. The third kappa shape index (κ3) is 3.44. The Hall–Kier alpha value is -1.92. The van der Waals surface area contributed by atoms with Crippen LogP contribution in [0.5, 0.6) is 5.75 Å². The molecule has 4 rings (SSSR count). The van der Waals surface area contributed by atoms with Crippen LogP contribution in [0.15, 0.2) is 27.9 Å². The number of aromatic nitrogens is 1. The Morgan fingerprint density at radius 3 is 2.71 bits per heavy atom. The van der Waals surface area contributed by atoms with Gasteiger partial charge in [-0.3, -0.25) is 4.79 Å². The Kier molecular flexibility index (Phi) is 5.19. The second-order valence-corrected chi connectivity index (χ2v) is 8.72. The summed E-state index contributed by atoms with van der Waals surface area (Å²) in [6.07, 6.45) is 1.59. The van der Waals surface area contributed by atoms with Crippen molar-refractivity contribution in [2.75, 3.05) is 6.61 Å². The molecule has 7 heteroatoms. The van der Waals surface area contributed by atoms with Crippen molar-refractivity contribution < 1.29 is 14.3 Å². The maximum absolute atomic E-state index is 13.2. The van der Waals surface area contributed by atoms with Gasteiger partial charge in [0.05, 0.1) is 23.4 Å². The van der Waals surface area contributed by atoms with Crippen LogP contribution >= 0.6 is 23.4 Å². The smallest absolute Gasteiger partial charge is 0.344 e. The molecule has 0 amide bonds. The van der Waals surface area contributed by atoms with E-state index < -0.39 is 5.97 Å². The Balaban J connectivity index is 1.90. The molecule has 28 heavy (non-hydrogen) atoms. The summed E-state index contributed by atoms with van der Waals surface area (Å²) < 4.78 is 12.7. The fourth-order valence-electron chi connectivity index (χ4n) is 3.47. The van der Waals surface area contributed by atoms with E-state index in [2.05, 4.69) is 0 Å². The molecule has 0 saturated heterocycles. The molecule has 2 aliphatic rings. The monoisotopic (exact) mass is 419 g/mol. The quantitative estimate of drug-likeness (QED) is 0.633. The number of pyridine rings is 1. The summed E-state index contributed by atoms with van der Waals surface area (Å²) >= 11 is 8.09. The zero-order valence-corrected chi connectivity index (χ0v) is 17.7. The predicted octanol–water partition coefficient (Wildman–Crippen LogP) is 5.07. The van der Waals surface area contributed by atoms with Crippen molar-refractivity contribution >= 4 is 29.3 Å². The molecule has 1 fully saturated rings. The van der Waals surface area contributed by atoms with Crippen molar-refractivity contribution in [3.63, 3.8) is 0 Å². The molecule has 5 nitrogen and oxygen atoms in total. The molecule has 1 aliphatic carbocycles. The number of fused-ring (bicyclic) bond motifs is 3. The van der Waals surface area contributed by atoms with Crippen molar-refractivity contribution in [3.8, 4) is 17.0 Å². The van der Waals surface area contributed by atoms with Gasteiger partial charge < -0.3 is 14.0 Å². The van der Waals surface area contributed by atoms with Gasteiger partial charge in [0.2, 0.25) is 0 Å². The summed E-state index contributed by atoms with van der Waals surface area (Å²) in [5, 5.41) is 0.520. The van der Waals surface area contributed by atoms with E-state index in [-0.39, 0.29) is 23.3 Å². The number of halogens is 1. The van der Waals surface area contributed by atoms with Crippen LogP contribution in [0.2, 0.25) is 5.02 Å². The summed E-state index contributed by atoms with van der Waals surface area (Å²) in [5.41, 5.74) is 2.58. The van der Waals surface area contributed by atoms with E-state index in [1.165, 1.54) is 0 Å². The van der Waals surface area contributed by atoms with Gasteiger partial charge in [0.1, 0.15) is 11.3 Å². The third-order valence-electron chi connectivity index (χ3n) is 4.76. The number of rotatable bonds is 5. The number of benzene rings is 1. The van der Waals surface area contributed by atoms with Crippen LogP contribution < -0.4 is 10.3 Å². The molecule has 0 unspecified atom stereocenters. The molecule has 1 aromatic heterocycles. The van der Waals surface area contributed by atoms with Crippen molar-refractivity contribution in [1.82, 2.24) is 4.57 Å². The van der Waals surface area contributed by atoms with Gasteiger partial charge in [-0.15, -0.1) is 11.8 Å². The molecule has 0 spiro atoms. The molecule has 1 aromatic carbocycles. The normalized spacial score (nSPS) is 15.2. The molecule has 0 bridgehead atoms. The Labute approximate surface area is 173 Å². The third-order valence-corrected chi connectivity index (χ3v) is 6.16. The Bertz CT molecular complexity index is 1010. The Morgan fingerprint density at radius 2 is 2.07 bits per heavy atom. The molecular formula is C21H22ClNO4S. The van der Waals surface area contributed by atoms with Crippen LogP contribution in [0.1, 0.15) is 55.6 Å². The first-order chi connectivity index (χ1) is 13.4. The van der Waals surface area contributed by atoms with Crippen LogP contribution in [0.25, 0.3) is 11.3 Å². The van der Waals surface area contributed by atoms with Crippen LogP contribution in [0.3, 0.4) is 0 Å². The van der Waals surface area contributed by atoms with E-state index in [0.717, 1.165) is 34.6 Å². The Morgan fingerprint density at radius 1 is 1.32 bits per heavy atom. The van der Waals surface area contributed by atoms with Crippen molar-refractivity contribution in [2.24, 2.45) is 0 Å². The lowest BCUT2D eigenvalue weighted by atomic mass is 10.0. The number of hydrogen-bond donors (Lipinski definition) is 0. The average Bonchev–Trinajstić information content (AvgIpc) is 3.46. The van der Waals surface area contributed by atoms with Gasteiger partial charge in [0.25, 0.3) is 5.56 Å². The van der Waals surface area contributed by atoms with Crippen molar-refractivity contribution in [2.45, 2.75) is 56.4 Å². The maximum atomic E-state index is 13.2. The van der Waals surface area contributed by atoms with Crippen molar-refractivity contribution in [3.05, 3.63) is 44.7 Å². The predicted molar refractivity (Wildman–Crippen MR) is 111 cm³/mol. The van der Waals surface area contributed by atoms with Gasteiger partial charge in [-0.05, 0) is 57.4 Å². The van der Waals surface area contributed by atoms with E-state index in [1.54, 1.807) is 36.2 Å². The summed E-state index contributed by atoms with van der Waals surface area (Å²) in [6.45, 7) is 6.01. The molecule has 2 heterocycles.